The van der Waals surface area contributed by atoms with Gasteiger partial charge in [0.05, 0.1) is 17.1 Å². The van der Waals surface area contributed by atoms with Crippen LogP contribution < -0.4 is 5.32 Å². The van der Waals surface area contributed by atoms with Crippen molar-refractivity contribution in [2.24, 2.45) is 5.92 Å². The number of amides is 1. The van der Waals surface area contributed by atoms with Gasteiger partial charge in [0.15, 0.2) is 0 Å². The molecule has 142 valence electrons. The number of carbonyl (C=O) groups is 1. The third-order valence-electron chi connectivity index (χ3n) is 5.35. The number of hydrogen-bond donors (Lipinski definition) is 1. The van der Waals surface area contributed by atoms with E-state index >= 15 is 0 Å². The van der Waals surface area contributed by atoms with Crippen LogP contribution in [0.4, 0.5) is 4.39 Å². The molecule has 2 aromatic heterocycles. The van der Waals surface area contributed by atoms with Crippen LogP contribution in [0.25, 0.3) is 10.2 Å². The van der Waals surface area contributed by atoms with Crippen LogP contribution in [0.5, 0.6) is 0 Å². The Labute approximate surface area is 162 Å². The molecule has 2 heterocycles. The van der Waals surface area contributed by atoms with E-state index in [2.05, 4.69) is 17.3 Å². The van der Waals surface area contributed by atoms with Crippen LogP contribution in [0.3, 0.4) is 0 Å². The van der Waals surface area contributed by atoms with E-state index in [0.29, 0.717) is 12.5 Å². The summed E-state index contributed by atoms with van der Waals surface area (Å²) < 4.78 is 15.0. The molecule has 1 aliphatic carbocycles. The van der Waals surface area contributed by atoms with Gasteiger partial charge in [-0.2, -0.15) is 5.10 Å². The van der Waals surface area contributed by atoms with E-state index in [1.807, 2.05) is 17.7 Å². The second-order valence-electron chi connectivity index (χ2n) is 7.64. The molecule has 0 radical (unpaired) electrons. The highest BCUT2D eigenvalue weighted by molar-refractivity contribution is 7.20. The first-order chi connectivity index (χ1) is 13.0. The normalized spacial score (nSPS) is 20.1. The predicted octanol–water partition coefficient (Wildman–Crippen LogP) is 4.90. The number of rotatable bonds is 4. The first-order valence-corrected chi connectivity index (χ1v) is 10.3. The molecule has 1 saturated carbocycles. The fraction of sp³-hybridized carbons (Fsp3) is 0.429. The first-order valence-electron chi connectivity index (χ1n) is 9.52. The van der Waals surface area contributed by atoms with Crippen LogP contribution in [0, 0.1) is 18.7 Å². The van der Waals surface area contributed by atoms with Crippen LogP contribution in [-0.2, 0) is 6.54 Å². The van der Waals surface area contributed by atoms with Crippen LogP contribution in [-0.4, -0.2) is 21.7 Å². The van der Waals surface area contributed by atoms with E-state index < -0.39 is 0 Å². The van der Waals surface area contributed by atoms with Crippen molar-refractivity contribution >= 4 is 27.5 Å². The molecule has 3 aromatic rings. The zero-order valence-electron chi connectivity index (χ0n) is 15.7. The quantitative estimate of drug-likeness (QED) is 0.694. The van der Waals surface area contributed by atoms with E-state index in [-0.39, 0.29) is 17.8 Å². The maximum atomic E-state index is 13.1. The number of nitrogens with one attached hydrogen (secondary N) is 1. The average Bonchev–Trinajstić information content (AvgIpc) is 3.19. The molecule has 0 saturated heterocycles. The van der Waals surface area contributed by atoms with Gasteiger partial charge in [-0.3, -0.25) is 9.48 Å². The molecule has 1 fully saturated rings. The lowest BCUT2D eigenvalue weighted by molar-refractivity contribution is 0.0925. The van der Waals surface area contributed by atoms with Gasteiger partial charge in [-0.25, -0.2) is 4.39 Å². The van der Waals surface area contributed by atoms with E-state index in [4.69, 9.17) is 0 Å². The van der Waals surface area contributed by atoms with Gasteiger partial charge < -0.3 is 5.32 Å². The van der Waals surface area contributed by atoms with Crippen LogP contribution in [0.2, 0.25) is 0 Å². The highest BCUT2D eigenvalue weighted by Gasteiger charge is 2.23. The SMILES string of the molecule is Cc1nn(Cc2ccc(F)cc2)c2sc(C(=O)N[C@@H]3CCC[C@@H](C)C3)cc12. The minimum absolute atomic E-state index is 0.0167. The Balaban J connectivity index is 1.55. The summed E-state index contributed by atoms with van der Waals surface area (Å²) >= 11 is 1.48. The number of halogens is 1. The van der Waals surface area contributed by atoms with Gasteiger partial charge >= 0.3 is 0 Å². The number of nitrogens with zero attached hydrogens (tertiary/aromatic N) is 2. The van der Waals surface area contributed by atoms with Gasteiger partial charge in [-0.1, -0.05) is 31.9 Å². The monoisotopic (exact) mass is 385 g/mol. The minimum atomic E-state index is -0.243. The van der Waals surface area contributed by atoms with E-state index in [0.717, 1.165) is 39.2 Å². The third-order valence-corrected chi connectivity index (χ3v) is 6.50. The Bertz CT molecular complexity index is 960. The molecule has 6 heteroatoms. The molecule has 1 amide bonds. The molecule has 0 spiro atoms. The number of thiophene rings is 1. The smallest absolute Gasteiger partial charge is 0.261 e. The van der Waals surface area contributed by atoms with Crippen molar-refractivity contribution in [2.45, 2.75) is 52.1 Å². The topological polar surface area (TPSA) is 46.9 Å². The van der Waals surface area contributed by atoms with E-state index in [1.165, 1.54) is 36.3 Å². The maximum absolute atomic E-state index is 13.1. The highest BCUT2D eigenvalue weighted by Crippen LogP contribution is 2.30. The van der Waals surface area contributed by atoms with E-state index in [9.17, 15) is 9.18 Å². The summed E-state index contributed by atoms with van der Waals surface area (Å²) in [4.78, 5) is 14.5. The Morgan fingerprint density at radius 2 is 2.11 bits per heavy atom. The molecule has 1 aromatic carbocycles. The standard InChI is InChI=1S/C21H24FN3OS/c1-13-4-3-5-17(10-13)23-20(26)19-11-18-14(2)24-25(21(18)27-19)12-15-6-8-16(22)9-7-15/h6-9,11,13,17H,3-5,10,12H2,1-2H3,(H,23,26)/t13-,17-/m1/s1. The molecule has 1 N–H and O–H groups in total. The summed E-state index contributed by atoms with van der Waals surface area (Å²) in [6, 6.07) is 8.68. The van der Waals surface area contributed by atoms with Gasteiger partial charge in [-0.15, -0.1) is 11.3 Å². The maximum Gasteiger partial charge on any atom is 0.261 e. The Morgan fingerprint density at radius 1 is 1.33 bits per heavy atom. The number of aromatic nitrogens is 2. The summed E-state index contributed by atoms with van der Waals surface area (Å²) in [6.07, 6.45) is 4.57. The molecule has 27 heavy (non-hydrogen) atoms. The van der Waals surface area contributed by atoms with Crippen molar-refractivity contribution < 1.29 is 9.18 Å². The summed E-state index contributed by atoms with van der Waals surface area (Å²) in [5.74, 6) is 0.452. The number of carbonyl (C=O) groups excluding carboxylic acids is 1. The summed E-state index contributed by atoms with van der Waals surface area (Å²) in [7, 11) is 0. The summed E-state index contributed by atoms with van der Waals surface area (Å²) in [6.45, 7) is 4.78. The van der Waals surface area contributed by atoms with Crippen LogP contribution >= 0.6 is 11.3 Å². The molecule has 0 unspecified atom stereocenters. The highest BCUT2D eigenvalue weighted by atomic mass is 32.1. The first kappa shape index (κ1) is 18.2. The second kappa shape index (κ2) is 7.43. The minimum Gasteiger partial charge on any atom is -0.349 e. The van der Waals surface area contributed by atoms with Crippen molar-refractivity contribution in [3.63, 3.8) is 0 Å². The Morgan fingerprint density at radius 3 is 2.85 bits per heavy atom. The van der Waals surface area contributed by atoms with Gasteiger partial charge in [-0.05, 0) is 49.4 Å². The fourth-order valence-corrected chi connectivity index (χ4v) is 4.98. The number of hydrogen-bond acceptors (Lipinski definition) is 3. The zero-order valence-corrected chi connectivity index (χ0v) is 16.5. The second-order valence-corrected chi connectivity index (χ2v) is 8.67. The molecule has 2 atom stereocenters. The van der Waals surface area contributed by atoms with Gasteiger partial charge in [0, 0.05) is 11.4 Å². The van der Waals surface area contributed by atoms with Crippen molar-refractivity contribution in [3.05, 3.63) is 52.3 Å². The molecule has 4 nitrogen and oxygen atoms in total. The van der Waals surface area contributed by atoms with Crippen LogP contribution in [0.15, 0.2) is 30.3 Å². The lowest BCUT2D eigenvalue weighted by Crippen LogP contribution is -2.37. The summed E-state index contributed by atoms with van der Waals surface area (Å²) in [5.41, 5.74) is 1.89. The van der Waals surface area contributed by atoms with Crippen molar-refractivity contribution in [1.82, 2.24) is 15.1 Å². The largest absolute Gasteiger partial charge is 0.349 e. The van der Waals surface area contributed by atoms with Crippen molar-refractivity contribution in [1.29, 1.82) is 0 Å². The molecular formula is C21H24FN3OS. The van der Waals surface area contributed by atoms with Gasteiger partial charge in [0.1, 0.15) is 10.6 Å². The number of benzene rings is 1. The average molecular weight is 386 g/mol. The molecule has 4 rings (SSSR count). The third kappa shape index (κ3) is 3.90. The number of aryl methyl sites for hydroxylation is 1. The van der Waals surface area contributed by atoms with Gasteiger partial charge in [0.25, 0.3) is 5.91 Å². The Hall–Kier alpha value is -2.21. The van der Waals surface area contributed by atoms with Crippen molar-refractivity contribution in [3.8, 4) is 0 Å². The fourth-order valence-electron chi connectivity index (χ4n) is 3.92. The van der Waals surface area contributed by atoms with Gasteiger partial charge in [0.2, 0.25) is 0 Å². The predicted molar refractivity (Wildman–Crippen MR) is 107 cm³/mol. The zero-order chi connectivity index (χ0) is 19.0. The number of fused-ring (bicyclic) bond motifs is 1. The summed E-state index contributed by atoms with van der Waals surface area (Å²) in [5, 5.41) is 8.82. The Kier molecular flexibility index (Phi) is 5.00. The molecular weight excluding hydrogens is 361 g/mol. The van der Waals surface area contributed by atoms with Crippen molar-refractivity contribution in [2.75, 3.05) is 0 Å². The van der Waals surface area contributed by atoms with Crippen LogP contribution in [0.1, 0.15) is 53.5 Å². The molecule has 0 aliphatic heterocycles. The molecule has 1 aliphatic rings. The lowest BCUT2D eigenvalue weighted by atomic mass is 9.87. The molecule has 0 bridgehead atoms. The van der Waals surface area contributed by atoms with E-state index in [1.54, 1.807) is 12.1 Å². The lowest BCUT2D eigenvalue weighted by Gasteiger charge is -2.27.